The van der Waals surface area contributed by atoms with E-state index in [4.69, 9.17) is 0 Å². The third-order valence-electron chi connectivity index (χ3n) is 8.61. The van der Waals surface area contributed by atoms with Crippen molar-refractivity contribution < 1.29 is 15.3 Å². The molecule has 0 radical (unpaired) electrons. The zero-order valence-corrected chi connectivity index (χ0v) is 14.0. The molecule has 0 aromatic rings. The Kier molecular flexibility index (Phi) is 3.46. The average molecular weight is 308 g/mol. The van der Waals surface area contributed by atoms with Gasteiger partial charge in [0.05, 0.1) is 18.3 Å². The Morgan fingerprint density at radius 3 is 2.27 bits per heavy atom. The molecule has 0 spiro atoms. The summed E-state index contributed by atoms with van der Waals surface area (Å²) in [6.45, 7) is 4.69. The SMILES string of the molecule is C[C@]12CC[C@H](O)C[C@@H]1CC[C@@H]1[C@H]2CC[C@]2(C)[C@@H](O)[C@@H](O)C[C@@H]12. The molecule has 3 N–H and O–H groups in total. The van der Waals surface area contributed by atoms with E-state index in [1.807, 2.05) is 0 Å². The van der Waals surface area contributed by atoms with Gasteiger partial charge in [0.1, 0.15) is 0 Å². The molecule has 0 aliphatic heterocycles. The Hall–Kier alpha value is -0.120. The fourth-order valence-corrected chi connectivity index (χ4v) is 7.22. The van der Waals surface area contributed by atoms with E-state index < -0.39 is 12.2 Å². The van der Waals surface area contributed by atoms with E-state index in [2.05, 4.69) is 13.8 Å². The highest BCUT2D eigenvalue weighted by molar-refractivity contribution is 5.11. The molecule has 126 valence electrons. The van der Waals surface area contributed by atoms with E-state index >= 15 is 0 Å². The first-order valence-electron chi connectivity index (χ1n) is 9.40. The molecule has 0 unspecified atom stereocenters. The largest absolute Gasteiger partial charge is 0.393 e. The number of fused-ring (bicyclic) bond motifs is 5. The Labute approximate surface area is 134 Å². The zero-order chi connectivity index (χ0) is 15.7. The van der Waals surface area contributed by atoms with Crippen molar-refractivity contribution in [2.24, 2.45) is 34.5 Å². The number of aliphatic hydroxyl groups is 3. The van der Waals surface area contributed by atoms with Gasteiger partial charge < -0.3 is 15.3 Å². The van der Waals surface area contributed by atoms with Gasteiger partial charge in [-0.05, 0) is 85.9 Å². The summed E-state index contributed by atoms with van der Waals surface area (Å²) in [7, 11) is 0. The lowest BCUT2D eigenvalue weighted by atomic mass is 9.45. The smallest absolute Gasteiger partial charge is 0.0855 e. The fourth-order valence-electron chi connectivity index (χ4n) is 7.22. The molecule has 3 nitrogen and oxygen atoms in total. The fraction of sp³-hybridized carbons (Fsp3) is 1.00. The molecule has 0 aromatic heterocycles. The highest BCUT2D eigenvalue weighted by Gasteiger charge is 2.61. The summed E-state index contributed by atoms with van der Waals surface area (Å²) >= 11 is 0. The minimum Gasteiger partial charge on any atom is -0.393 e. The van der Waals surface area contributed by atoms with Crippen LogP contribution in [0.25, 0.3) is 0 Å². The van der Waals surface area contributed by atoms with E-state index in [0.29, 0.717) is 23.2 Å². The van der Waals surface area contributed by atoms with Gasteiger partial charge in [0, 0.05) is 0 Å². The monoisotopic (exact) mass is 308 g/mol. The molecule has 0 amide bonds. The maximum absolute atomic E-state index is 10.5. The first-order chi connectivity index (χ1) is 10.4. The summed E-state index contributed by atoms with van der Waals surface area (Å²) in [6.07, 6.45) is 7.49. The number of hydrogen-bond donors (Lipinski definition) is 3. The zero-order valence-electron chi connectivity index (χ0n) is 14.0. The second-order valence-electron chi connectivity index (χ2n) is 9.38. The van der Waals surface area contributed by atoms with E-state index in [1.54, 1.807) is 0 Å². The first-order valence-corrected chi connectivity index (χ1v) is 9.40. The molecule has 9 atom stereocenters. The van der Waals surface area contributed by atoms with Gasteiger partial charge in [-0.25, -0.2) is 0 Å². The summed E-state index contributed by atoms with van der Waals surface area (Å²) in [5.74, 6) is 2.57. The average Bonchev–Trinajstić information content (AvgIpc) is 2.72. The van der Waals surface area contributed by atoms with Crippen LogP contribution in [0.3, 0.4) is 0 Å². The Morgan fingerprint density at radius 1 is 0.773 bits per heavy atom. The molecule has 3 heteroatoms. The van der Waals surface area contributed by atoms with Gasteiger partial charge in [0.2, 0.25) is 0 Å². The van der Waals surface area contributed by atoms with Gasteiger partial charge in [-0.15, -0.1) is 0 Å². The molecule has 4 aliphatic carbocycles. The van der Waals surface area contributed by atoms with Crippen molar-refractivity contribution in [3.8, 4) is 0 Å². The number of rotatable bonds is 0. The van der Waals surface area contributed by atoms with Gasteiger partial charge in [-0.2, -0.15) is 0 Å². The van der Waals surface area contributed by atoms with Crippen molar-refractivity contribution in [2.75, 3.05) is 0 Å². The second kappa shape index (κ2) is 4.94. The van der Waals surface area contributed by atoms with Crippen molar-refractivity contribution >= 4 is 0 Å². The lowest BCUT2D eigenvalue weighted by Gasteiger charge is -2.60. The van der Waals surface area contributed by atoms with Crippen LogP contribution < -0.4 is 0 Å². The van der Waals surface area contributed by atoms with E-state index in [0.717, 1.165) is 38.0 Å². The molecule has 4 fully saturated rings. The Bertz CT molecular complexity index is 452. The number of aliphatic hydroxyl groups excluding tert-OH is 3. The molecule has 4 saturated carbocycles. The molecule has 4 aliphatic rings. The van der Waals surface area contributed by atoms with Gasteiger partial charge >= 0.3 is 0 Å². The normalized spacial score (nSPS) is 61.2. The standard InChI is InChI=1S/C19H32O3/c1-18-7-5-12(20)9-11(18)3-4-13-14(18)6-8-19(2)15(13)10-16(21)17(19)22/h11-17,20-22H,3-10H2,1-2H3/t11-,12-,13+,14+,15-,16-,17-,18-,19-/m0/s1. The van der Waals surface area contributed by atoms with Gasteiger partial charge in [0.15, 0.2) is 0 Å². The highest BCUT2D eigenvalue weighted by Crippen LogP contribution is 2.66. The van der Waals surface area contributed by atoms with Crippen LogP contribution >= 0.6 is 0 Å². The molecule has 0 heterocycles. The minimum absolute atomic E-state index is 0.0715. The predicted molar refractivity (Wildman–Crippen MR) is 85.1 cm³/mol. The van der Waals surface area contributed by atoms with Crippen molar-refractivity contribution in [3.05, 3.63) is 0 Å². The van der Waals surface area contributed by atoms with Crippen molar-refractivity contribution in [1.82, 2.24) is 0 Å². The molecular weight excluding hydrogens is 276 g/mol. The van der Waals surface area contributed by atoms with Crippen LogP contribution in [0.5, 0.6) is 0 Å². The van der Waals surface area contributed by atoms with Crippen LogP contribution in [0.4, 0.5) is 0 Å². The third-order valence-corrected chi connectivity index (χ3v) is 8.61. The van der Waals surface area contributed by atoms with Gasteiger partial charge in [-0.1, -0.05) is 13.8 Å². The van der Waals surface area contributed by atoms with Crippen LogP contribution in [0.2, 0.25) is 0 Å². The lowest BCUT2D eigenvalue weighted by molar-refractivity contribution is -0.135. The molecule has 4 rings (SSSR count). The maximum Gasteiger partial charge on any atom is 0.0855 e. The van der Waals surface area contributed by atoms with Crippen LogP contribution in [0, 0.1) is 34.5 Å². The van der Waals surface area contributed by atoms with Crippen molar-refractivity contribution in [2.45, 2.75) is 83.5 Å². The van der Waals surface area contributed by atoms with Crippen LogP contribution in [-0.4, -0.2) is 33.6 Å². The van der Waals surface area contributed by atoms with E-state index in [-0.39, 0.29) is 11.5 Å². The van der Waals surface area contributed by atoms with Gasteiger partial charge in [-0.3, -0.25) is 0 Å². The molecule has 0 bridgehead atoms. The molecule has 0 aromatic carbocycles. The first kappa shape index (κ1) is 15.4. The summed E-state index contributed by atoms with van der Waals surface area (Å²) in [4.78, 5) is 0. The Balaban J connectivity index is 1.63. The van der Waals surface area contributed by atoms with Crippen LogP contribution in [0.15, 0.2) is 0 Å². The second-order valence-corrected chi connectivity index (χ2v) is 9.38. The summed E-state index contributed by atoms with van der Waals surface area (Å²) in [5.41, 5.74) is 0.305. The van der Waals surface area contributed by atoms with Crippen molar-refractivity contribution in [1.29, 1.82) is 0 Å². The molecule has 0 saturated heterocycles. The van der Waals surface area contributed by atoms with Crippen molar-refractivity contribution in [3.63, 3.8) is 0 Å². The van der Waals surface area contributed by atoms with Crippen LogP contribution in [0.1, 0.15) is 65.2 Å². The highest BCUT2D eigenvalue weighted by atomic mass is 16.3. The number of hydrogen-bond acceptors (Lipinski definition) is 3. The third kappa shape index (κ3) is 1.91. The summed E-state index contributed by atoms with van der Waals surface area (Å²) < 4.78 is 0. The molecule has 22 heavy (non-hydrogen) atoms. The maximum atomic E-state index is 10.5. The lowest BCUT2D eigenvalue weighted by Crippen LogP contribution is -2.54. The topological polar surface area (TPSA) is 60.7 Å². The summed E-state index contributed by atoms with van der Waals surface area (Å²) in [6, 6.07) is 0. The minimum atomic E-state index is -0.530. The summed E-state index contributed by atoms with van der Waals surface area (Å²) in [5, 5.41) is 30.8. The van der Waals surface area contributed by atoms with Gasteiger partial charge in [0.25, 0.3) is 0 Å². The van der Waals surface area contributed by atoms with E-state index in [9.17, 15) is 15.3 Å². The van der Waals surface area contributed by atoms with Crippen LogP contribution in [-0.2, 0) is 0 Å². The quantitative estimate of drug-likeness (QED) is 0.645. The van der Waals surface area contributed by atoms with E-state index in [1.165, 1.54) is 19.3 Å². The molecular formula is C19H32O3. The Morgan fingerprint density at radius 2 is 1.50 bits per heavy atom. The predicted octanol–water partition coefficient (Wildman–Crippen LogP) is 2.72.